The van der Waals surface area contributed by atoms with Gasteiger partial charge in [-0.15, -0.1) is 6.58 Å². The number of rotatable bonds is 6. The van der Waals surface area contributed by atoms with Crippen molar-refractivity contribution in [2.45, 2.75) is 37.3 Å². The van der Waals surface area contributed by atoms with E-state index < -0.39 is 35.2 Å². The second-order valence-electron chi connectivity index (χ2n) is 10.4. The maximum atomic E-state index is 13.4. The van der Waals surface area contributed by atoms with Crippen molar-refractivity contribution in [2.75, 3.05) is 25.5 Å². The fourth-order valence-electron chi connectivity index (χ4n) is 5.99. The molecular formula is C29H28F6N4OS. The normalized spacial score (nSPS) is 23.2. The fraction of sp³-hybridized carbons (Fsp3) is 0.379. The van der Waals surface area contributed by atoms with Crippen LogP contribution in [0.3, 0.4) is 0 Å². The van der Waals surface area contributed by atoms with E-state index in [0.717, 1.165) is 36.9 Å². The van der Waals surface area contributed by atoms with E-state index in [1.165, 1.54) is 0 Å². The largest absolute Gasteiger partial charge is 0.497 e. The number of thiocarbonyl (C=S) groups is 1. The summed E-state index contributed by atoms with van der Waals surface area (Å²) >= 11 is 5.50. The Bertz CT molecular complexity index is 1430. The predicted octanol–water partition coefficient (Wildman–Crippen LogP) is 7.21. The van der Waals surface area contributed by atoms with Crippen molar-refractivity contribution in [3.05, 3.63) is 78.0 Å². The summed E-state index contributed by atoms with van der Waals surface area (Å²) in [6, 6.07) is 8.15. The summed E-state index contributed by atoms with van der Waals surface area (Å²) in [4.78, 5) is 6.80. The highest BCUT2D eigenvalue weighted by Gasteiger charge is 2.43. The van der Waals surface area contributed by atoms with Crippen LogP contribution < -0.4 is 15.4 Å². The number of alkyl halides is 6. The van der Waals surface area contributed by atoms with Crippen molar-refractivity contribution >= 4 is 33.9 Å². The van der Waals surface area contributed by atoms with Gasteiger partial charge in [-0.2, -0.15) is 26.3 Å². The molecule has 5 atom stereocenters. The van der Waals surface area contributed by atoms with Crippen LogP contribution in [0.5, 0.6) is 5.75 Å². The Balaban J connectivity index is 1.51. The van der Waals surface area contributed by atoms with Crippen molar-refractivity contribution in [1.82, 2.24) is 15.2 Å². The first-order valence-corrected chi connectivity index (χ1v) is 13.4. The van der Waals surface area contributed by atoms with Crippen LogP contribution in [0.1, 0.15) is 35.6 Å². The van der Waals surface area contributed by atoms with Crippen molar-refractivity contribution < 1.29 is 31.1 Å². The lowest BCUT2D eigenvalue weighted by atomic mass is 9.73. The van der Waals surface area contributed by atoms with Crippen molar-refractivity contribution in [1.29, 1.82) is 0 Å². The van der Waals surface area contributed by atoms with Crippen molar-refractivity contribution in [3.8, 4) is 5.75 Å². The summed E-state index contributed by atoms with van der Waals surface area (Å²) in [5.74, 6) is 1.35. The van der Waals surface area contributed by atoms with Crippen LogP contribution in [-0.2, 0) is 12.4 Å². The summed E-state index contributed by atoms with van der Waals surface area (Å²) in [5, 5.41) is 6.52. The minimum absolute atomic E-state index is 0.0475. The molecule has 6 rings (SSSR count). The van der Waals surface area contributed by atoms with Crippen LogP contribution in [0.25, 0.3) is 10.9 Å². The lowest BCUT2D eigenvalue weighted by molar-refractivity contribution is -0.143. The van der Waals surface area contributed by atoms with Gasteiger partial charge in [0.25, 0.3) is 0 Å². The number of piperidine rings is 3. The molecule has 0 radical (unpaired) electrons. The van der Waals surface area contributed by atoms with E-state index in [1.807, 2.05) is 24.3 Å². The number of ether oxygens (including phenoxy) is 1. The maximum Gasteiger partial charge on any atom is 0.416 e. The molecule has 0 saturated carbocycles. The average molecular weight is 595 g/mol. The minimum atomic E-state index is -4.97. The molecule has 0 amide bonds. The second-order valence-corrected chi connectivity index (χ2v) is 10.8. The Morgan fingerprint density at radius 1 is 1.10 bits per heavy atom. The molecule has 3 aromatic rings. The van der Waals surface area contributed by atoms with E-state index in [1.54, 1.807) is 19.4 Å². The number of nitrogens with zero attached hydrogens (tertiary/aromatic N) is 2. The Kier molecular flexibility index (Phi) is 7.90. The van der Waals surface area contributed by atoms with Crippen LogP contribution >= 0.6 is 12.2 Å². The lowest BCUT2D eigenvalue weighted by Crippen LogP contribution is -2.57. The summed E-state index contributed by atoms with van der Waals surface area (Å²) in [7, 11) is 1.55. The molecule has 3 saturated heterocycles. The van der Waals surface area contributed by atoms with Gasteiger partial charge in [-0.3, -0.25) is 9.88 Å². The zero-order chi connectivity index (χ0) is 29.5. The molecule has 1 unspecified atom stereocenters. The highest BCUT2D eigenvalue weighted by atomic mass is 32.1. The van der Waals surface area contributed by atoms with Crippen LogP contribution in [0.15, 0.2) is 61.3 Å². The average Bonchev–Trinajstić information content (AvgIpc) is 2.94. The SMILES string of the molecule is C=C[C@H]1CN2CC[C@@H]1C[C@H]2[C@H](NC(=S)Nc1cc(C(F)(F)F)cc(C(F)(F)F)c1)c1ccnc2ccc(OC)cc12. The quantitative estimate of drug-likeness (QED) is 0.179. The van der Waals surface area contributed by atoms with Gasteiger partial charge in [0, 0.05) is 29.9 Å². The monoisotopic (exact) mass is 594 g/mol. The molecule has 41 heavy (non-hydrogen) atoms. The number of halogens is 6. The molecule has 3 aliphatic heterocycles. The molecule has 0 aliphatic carbocycles. The second kappa shape index (κ2) is 11.1. The smallest absolute Gasteiger partial charge is 0.416 e. The molecule has 12 heteroatoms. The van der Waals surface area contributed by atoms with Gasteiger partial charge < -0.3 is 15.4 Å². The summed E-state index contributed by atoms with van der Waals surface area (Å²) in [6.07, 6.45) is -4.48. The molecule has 218 valence electrons. The van der Waals surface area contributed by atoms with E-state index in [-0.39, 0.29) is 17.2 Å². The number of methoxy groups -OCH3 is 1. The Morgan fingerprint density at radius 2 is 1.80 bits per heavy atom. The van der Waals surface area contributed by atoms with Crippen molar-refractivity contribution in [2.24, 2.45) is 11.8 Å². The molecule has 4 heterocycles. The van der Waals surface area contributed by atoms with Gasteiger partial charge in [-0.1, -0.05) is 6.08 Å². The summed E-state index contributed by atoms with van der Waals surface area (Å²) in [5.41, 5.74) is -1.71. The number of benzene rings is 2. The molecule has 2 bridgehead atoms. The topological polar surface area (TPSA) is 49.4 Å². The van der Waals surface area contributed by atoms with E-state index in [0.29, 0.717) is 35.2 Å². The number of anilines is 1. The van der Waals surface area contributed by atoms with Crippen molar-refractivity contribution in [3.63, 3.8) is 0 Å². The molecule has 3 aliphatic rings. The number of fused-ring (bicyclic) bond motifs is 4. The van der Waals surface area contributed by atoms with Gasteiger partial charge in [0.1, 0.15) is 5.75 Å². The number of nitrogens with one attached hydrogen (secondary N) is 2. The highest BCUT2D eigenvalue weighted by Crippen LogP contribution is 2.43. The summed E-state index contributed by atoms with van der Waals surface area (Å²) < 4.78 is 86.0. The first kappa shape index (κ1) is 29.1. The zero-order valence-corrected chi connectivity index (χ0v) is 22.8. The van der Waals surface area contributed by atoms with Gasteiger partial charge in [-0.05, 0) is 91.5 Å². The van der Waals surface area contributed by atoms with Crippen LogP contribution in [0, 0.1) is 11.8 Å². The first-order valence-electron chi connectivity index (χ1n) is 13.0. The van der Waals surface area contributed by atoms with Gasteiger partial charge in [0.05, 0.1) is 29.8 Å². The van der Waals surface area contributed by atoms with E-state index >= 15 is 0 Å². The van der Waals surface area contributed by atoms with Gasteiger partial charge in [0.2, 0.25) is 0 Å². The van der Waals surface area contributed by atoms with Gasteiger partial charge in [0.15, 0.2) is 5.11 Å². The fourth-order valence-corrected chi connectivity index (χ4v) is 6.23. The molecule has 3 fully saturated rings. The van der Waals surface area contributed by atoms with Gasteiger partial charge >= 0.3 is 12.4 Å². The number of hydrogen-bond acceptors (Lipinski definition) is 4. The summed E-state index contributed by atoms with van der Waals surface area (Å²) in [6.45, 7) is 5.63. The first-order chi connectivity index (χ1) is 19.4. The number of aromatic nitrogens is 1. The highest BCUT2D eigenvalue weighted by molar-refractivity contribution is 7.80. The molecule has 5 nitrogen and oxygen atoms in total. The molecule has 2 N–H and O–H groups in total. The van der Waals surface area contributed by atoms with E-state index in [9.17, 15) is 26.3 Å². The standard InChI is InChI=1S/C29H28F6N4OS/c1-3-16-15-39-9-7-17(16)10-25(39)26(22-6-8-36-24-5-4-21(40-2)14-23(22)24)38-27(41)37-20-12-18(28(30,31)32)11-19(13-20)29(33,34)35/h3-6,8,11-14,16-17,25-26H,1,7,9-10,15H2,2H3,(H2,37,38,41)/t16-,17+,25-,26+/m0/s1. The molecular weight excluding hydrogens is 566 g/mol. The predicted molar refractivity (Wildman–Crippen MR) is 149 cm³/mol. The Morgan fingerprint density at radius 3 is 2.39 bits per heavy atom. The van der Waals surface area contributed by atoms with E-state index in [4.69, 9.17) is 17.0 Å². The third-order valence-corrected chi connectivity index (χ3v) is 8.21. The van der Waals surface area contributed by atoms with Gasteiger partial charge in [-0.25, -0.2) is 0 Å². The number of hydrogen-bond donors (Lipinski definition) is 2. The van der Waals surface area contributed by atoms with Crippen LogP contribution in [0.2, 0.25) is 0 Å². The number of pyridine rings is 1. The Labute approximate surface area is 238 Å². The molecule has 2 aromatic carbocycles. The van der Waals surface area contributed by atoms with E-state index in [2.05, 4.69) is 27.1 Å². The minimum Gasteiger partial charge on any atom is -0.497 e. The molecule has 0 spiro atoms. The lowest BCUT2D eigenvalue weighted by Gasteiger charge is -2.52. The maximum absolute atomic E-state index is 13.4. The van der Waals surface area contributed by atoms with Crippen LogP contribution in [-0.4, -0.2) is 41.2 Å². The van der Waals surface area contributed by atoms with Crippen LogP contribution in [0.4, 0.5) is 32.0 Å². The third-order valence-electron chi connectivity index (χ3n) is 7.99. The molecule has 1 aromatic heterocycles. The zero-order valence-electron chi connectivity index (χ0n) is 22.0. The third kappa shape index (κ3) is 6.13. The Hall–Kier alpha value is -3.38.